The molecular weight excluding hydrogens is 278 g/mol. The topological polar surface area (TPSA) is 107 Å². The summed E-state index contributed by atoms with van der Waals surface area (Å²) in [5.41, 5.74) is 14.4. The monoisotopic (exact) mass is 297 g/mol. The van der Waals surface area contributed by atoms with Crippen LogP contribution in [-0.4, -0.2) is 29.0 Å². The highest BCUT2D eigenvalue weighted by Crippen LogP contribution is 2.31. The summed E-state index contributed by atoms with van der Waals surface area (Å²) in [5.74, 6) is 0.180. The molecule has 6 nitrogen and oxygen atoms in total. The molecule has 1 aliphatic heterocycles. The molecule has 114 valence electrons. The molecule has 1 atom stereocenters. The van der Waals surface area contributed by atoms with E-state index < -0.39 is 5.91 Å². The lowest BCUT2D eigenvalue weighted by Crippen LogP contribution is -2.29. The first kappa shape index (κ1) is 14.5. The molecule has 2 heterocycles. The van der Waals surface area contributed by atoms with Gasteiger partial charge in [0.25, 0.3) is 0 Å². The van der Waals surface area contributed by atoms with Crippen LogP contribution in [0.5, 0.6) is 0 Å². The lowest BCUT2D eigenvalue weighted by molar-refractivity contribution is 0.100. The summed E-state index contributed by atoms with van der Waals surface area (Å²) in [4.78, 5) is 19.8. The molecule has 3 rings (SSSR count). The average molecular weight is 297 g/mol. The summed E-state index contributed by atoms with van der Waals surface area (Å²) in [7, 11) is 0. The molecule has 1 amide bonds. The smallest absolute Gasteiger partial charge is 0.248 e. The molecule has 1 aromatic carbocycles. The van der Waals surface area contributed by atoms with Crippen LogP contribution in [0.2, 0.25) is 0 Å². The van der Waals surface area contributed by atoms with Gasteiger partial charge in [-0.25, -0.2) is 9.97 Å². The zero-order chi connectivity index (χ0) is 15.5. The van der Waals surface area contributed by atoms with E-state index in [1.165, 1.54) is 0 Å². The third kappa shape index (κ3) is 2.92. The van der Waals surface area contributed by atoms with Gasteiger partial charge in [0.05, 0.1) is 5.69 Å². The third-order valence-electron chi connectivity index (χ3n) is 4.00. The number of benzene rings is 1. The van der Waals surface area contributed by atoms with Crippen molar-refractivity contribution >= 4 is 11.9 Å². The first-order valence-electron chi connectivity index (χ1n) is 7.38. The molecule has 0 bridgehead atoms. The van der Waals surface area contributed by atoms with Crippen molar-refractivity contribution in [3.63, 3.8) is 0 Å². The van der Waals surface area contributed by atoms with Crippen LogP contribution in [0.4, 0.5) is 5.95 Å². The van der Waals surface area contributed by atoms with E-state index in [2.05, 4.69) is 15.3 Å². The molecular formula is C16H19N5O. The normalized spacial score (nSPS) is 18.1. The van der Waals surface area contributed by atoms with Gasteiger partial charge in [-0.1, -0.05) is 12.1 Å². The predicted octanol–water partition coefficient (Wildman–Crippen LogP) is 1.29. The van der Waals surface area contributed by atoms with Crippen LogP contribution < -0.4 is 16.8 Å². The highest BCUT2D eigenvalue weighted by atomic mass is 16.1. The summed E-state index contributed by atoms with van der Waals surface area (Å²) in [6.07, 6.45) is 3.95. The van der Waals surface area contributed by atoms with Crippen molar-refractivity contribution in [3.8, 4) is 11.1 Å². The fraction of sp³-hybridized carbons (Fsp3) is 0.312. The Bertz CT molecular complexity index is 677. The number of carbonyl (C=O) groups excluding carboxylic acids is 1. The highest BCUT2D eigenvalue weighted by molar-refractivity contribution is 5.93. The average Bonchev–Trinajstić information content (AvgIpc) is 2.56. The van der Waals surface area contributed by atoms with Crippen molar-refractivity contribution in [1.29, 1.82) is 0 Å². The van der Waals surface area contributed by atoms with E-state index >= 15 is 0 Å². The summed E-state index contributed by atoms with van der Waals surface area (Å²) in [6, 6.07) is 7.18. The van der Waals surface area contributed by atoms with Crippen molar-refractivity contribution < 1.29 is 4.79 Å². The second-order valence-corrected chi connectivity index (χ2v) is 5.51. The minimum atomic E-state index is -0.434. The van der Waals surface area contributed by atoms with Gasteiger partial charge < -0.3 is 16.8 Å². The highest BCUT2D eigenvalue weighted by Gasteiger charge is 2.21. The molecule has 2 aromatic rings. The van der Waals surface area contributed by atoms with Gasteiger partial charge in [-0.15, -0.1) is 0 Å². The summed E-state index contributed by atoms with van der Waals surface area (Å²) in [6.45, 7) is 1.93. The Labute approximate surface area is 129 Å². The Kier molecular flexibility index (Phi) is 4.02. The Morgan fingerprint density at radius 1 is 1.27 bits per heavy atom. The second-order valence-electron chi connectivity index (χ2n) is 5.51. The van der Waals surface area contributed by atoms with Crippen LogP contribution in [0.3, 0.4) is 0 Å². The minimum Gasteiger partial charge on any atom is -0.368 e. The molecule has 0 unspecified atom stereocenters. The summed E-state index contributed by atoms with van der Waals surface area (Å²) in [5, 5.41) is 3.39. The maximum absolute atomic E-state index is 11.2. The van der Waals surface area contributed by atoms with Crippen molar-refractivity contribution in [3.05, 3.63) is 41.7 Å². The summed E-state index contributed by atoms with van der Waals surface area (Å²) >= 11 is 0. The minimum absolute atomic E-state index is 0.290. The molecule has 22 heavy (non-hydrogen) atoms. The van der Waals surface area contributed by atoms with E-state index in [9.17, 15) is 4.79 Å². The van der Waals surface area contributed by atoms with E-state index in [0.717, 1.165) is 42.8 Å². The zero-order valence-electron chi connectivity index (χ0n) is 12.2. The molecule has 1 saturated heterocycles. The van der Waals surface area contributed by atoms with Crippen LogP contribution in [0.25, 0.3) is 11.1 Å². The first-order valence-corrected chi connectivity index (χ1v) is 7.38. The van der Waals surface area contributed by atoms with Gasteiger partial charge in [0.1, 0.15) is 0 Å². The van der Waals surface area contributed by atoms with Gasteiger partial charge in [0, 0.05) is 29.8 Å². The number of primary amides is 1. The fourth-order valence-corrected chi connectivity index (χ4v) is 2.84. The Morgan fingerprint density at radius 2 is 2.05 bits per heavy atom. The van der Waals surface area contributed by atoms with E-state index in [4.69, 9.17) is 11.5 Å². The van der Waals surface area contributed by atoms with Crippen LogP contribution in [0.15, 0.2) is 30.5 Å². The van der Waals surface area contributed by atoms with Crippen LogP contribution in [0.1, 0.15) is 34.8 Å². The maximum atomic E-state index is 11.2. The van der Waals surface area contributed by atoms with E-state index in [-0.39, 0.29) is 5.95 Å². The van der Waals surface area contributed by atoms with Gasteiger partial charge in [-0.3, -0.25) is 4.79 Å². The number of rotatable bonds is 3. The standard InChI is InChI=1S/C16H19N5O/c17-15(22)11-5-3-10(4-6-11)13-9-20-16(18)21-14(13)12-2-1-7-19-8-12/h3-6,9,12,19H,1-2,7-8H2,(H2,17,22)(H2,18,20,21)/t12-/m0/s1. The van der Waals surface area contributed by atoms with Crippen LogP contribution in [0, 0.1) is 0 Å². The van der Waals surface area contributed by atoms with E-state index in [0.29, 0.717) is 11.5 Å². The fourth-order valence-electron chi connectivity index (χ4n) is 2.84. The van der Waals surface area contributed by atoms with Gasteiger partial charge in [-0.2, -0.15) is 0 Å². The number of nitrogen functional groups attached to an aromatic ring is 1. The zero-order valence-corrected chi connectivity index (χ0v) is 12.2. The molecule has 0 saturated carbocycles. The number of carbonyl (C=O) groups is 1. The maximum Gasteiger partial charge on any atom is 0.248 e. The number of hydrogen-bond donors (Lipinski definition) is 3. The lowest BCUT2D eigenvalue weighted by atomic mass is 9.90. The Hall–Kier alpha value is -2.47. The van der Waals surface area contributed by atoms with Crippen molar-refractivity contribution in [2.75, 3.05) is 18.8 Å². The number of nitrogens with two attached hydrogens (primary N) is 2. The molecule has 0 spiro atoms. The number of amides is 1. The quantitative estimate of drug-likeness (QED) is 0.791. The van der Waals surface area contributed by atoms with Gasteiger partial charge >= 0.3 is 0 Å². The number of anilines is 1. The SMILES string of the molecule is NC(=O)c1ccc(-c2cnc(N)nc2[C@H]2CCCNC2)cc1. The molecule has 6 heteroatoms. The van der Waals surface area contributed by atoms with Crippen molar-refractivity contribution in [2.24, 2.45) is 5.73 Å². The number of piperidine rings is 1. The van der Waals surface area contributed by atoms with E-state index in [1.54, 1.807) is 18.3 Å². The second kappa shape index (κ2) is 6.11. The Morgan fingerprint density at radius 3 is 2.68 bits per heavy atom. The number of aromatic nitrogens is 2. The van der Waals surface area contributed by atoms with Crippen molar-refractivity contribution in [2.45, 2.75) is 18.8 Å². The van der Waals surface area contributed by atoms with Crippen molar-refractivity contribution in [1.82, 2.24) is 15.3 Å². The van der Waals surface area contributed by atoms with Crippen LogP contribution in [-0.2, 0) is 0 Å². The molecule has 0 radical (unpaired) electrons. The summed E-state index contributed by atoms with van der Waals surface area (Å²) < 4.78 is 0. The number of nitrogens with one attached hydrogen (secondary N) is 1. The van der Waals surface area contributed by atoms with Gasteiger partial charge in [0.15, 0.2) is 0 Å². The molecule has 1 aromatic heterocycles. The third-order valence-corrected chi connectivity index (χ3v) is 4.00. The van der Waals surface area contributed by atoms with E-state index in [1.807, 2.05) is 12.1 Å². The Balaban J connectivity index is 2.00. The first-order chi connectivity index (χ1) is 10.6. The van der Waals surface area contributed by atoms with Crippen LogP contribution >= 0.6 is 0 Å². The molecule has 0 aliphatic carbocycles. The molecule has 5 N–H and O–H groups in total. The number of hydrogen-bond acceptors (Lipinski definition) is 5. The number of nitrogens with zero attached hydrogens (tertiary/aromatic N) is 2. The van der Waals surface area contributed by atoms with Gasteiger partial charge in [0.2, 0.25) is 11.9 Å². The predicted molar refractivity (Wildman–Crippen MR) is 85.2 cm³/mol. The molecule has 1 fully saturated rings. The molecule has 1 aliphatic rings. The van der Waals surface area contributed by atoms with Gasteiger partial charge in [-0.05, 0) is 37.1 Å². The largest absolute Gasteiger partial charge is 0.368 e. The lowest BCUT2D eigenvalue weighted by Gasteiger charge is -2.24.